The molecule has 0 aliphatic carbocycles. The summed E-state index contributed by atoms with van der Waals surface area (Å²) in [6.07, 6.45) is 0.407. The van der Waals surface area contributed by atoms with E-state index in [0.717, 1.165) is 0 Å². The van der Waals surface area contributed by atoms with Crippen LogP contribution in [-0.2, 0) is 4.79 Å². The van der Waals surface area contributed by atoms with Crippen LogP contribution >= 0.6 is 0 Å². The normalized spacial score (nSPS) is 10.4. The van der Waals surface area contributed by atoms with Crippen LogP contribution in [0.25, 0.3) is 0 Å². The monoisotopic (exact) mass is 277 g/mol. The Bertz CT molecular complexity index is 470. The summed E-state index contributed by atoms with van der Waals surface area (Å²) in [5, 5.41) is 5.99. The van der Waals surface area contributed by atoms with Crippen molar-refractivity contribution in [3.05, 3.63) is 29.8 Å². The fourth-order valence-corrected chi connectivity index (χ4v) is 1.69. The van der Waals surface area contributed by atoms with E-state index in [9.17, 15) is 9.59 Å². The molecule has 0 bridgehead atoms. The Morgan fingerprint density at radius 1 is 1.25 bits per heavy atom. The van der Waals surface area contributed by atoms with Crippen molar-refractivity contribution < 1.29 is 9.59 Å². The van der Waals surface area contributed by atoms with Gasteiger partial charge in [0.1, 0.15) is 0 Å². The van der Waals surface area contributed by atoms with Crippen LogP contribution in [0.5, 0.6) is 0 Å². The Labute approximate surface area is 120 Å². The number of hydrogen-bond acceptors (Lipinski definition) is 3. The van der Waals surface area contributed by atoms with Gasteiger partial charge in [0, 0.05) is 44.4 Å². The second-order valence-electron chi connectivity index (χ2n) is 5.19. The highest BCUT2D eigenvalue weighted by Gasteiger charge is 2.09. The highest BCUT2D eigenvalue weighted by Crippen LogP contribution is 2.12. The third-order valence-corrected chi connectivity index (χ3v) is 2.70. The van der Waals surface area contributed by atoms with E-state index in [1.807, 2.05) is 13.8 Å². The van der Waals surface area contributed by atoms with Gasteiger partial charge < -0.3 is 15.5 Å². The molecular formula is C15H23N3O2. The fraction of sp³-hybridized carbons (Fsp3) is 0.467. The largest absolute Gasteiger partial charge is 0.345 e. The summed E-state index contributed by atoms with van der Waals surface area (Å²) in [6, 6.07) is 7.33. The van der Waals surface area contributed by atoms with Gasteiger partial charge in [-0.2, -0.15) is 0 Å². The molecule has 0 atom stereocenters. The van der Waals surface area contributed by atoms with Crippen molar-refractivity contribution in [3.63, 3.8) is 0 Å². The predicted molar refractivity (Wildman–Crippen MR) is 80.8 cm³/mol. The first-order valence-corrected chi connectivity index (χ1v) is 6.75. The maximum absolute atomic E-state index is 11.8. The SMILES string of the molecule is CC(C)NCCC(=O)Nc1cccc(C(=O)N(C)C)c1. The van der Waals surface area contributed by atoms with E-state index in [1.165, 1.54) is 4.90 Å². The molecule has 0 aromatic heterocycles. The van der Waals surface area contributed by atoms with E-state index < -0.39 is 0 Å². The molecule has 0 heterocycles. The molecule has 0 radical (unpaired) electrons. The minimum absolute atomic E-state index is 0.0624. The van der Waals surface area contributed by atoms with Gasteiger partial charge in [-0.15, -0.1) is 0 Å². The number of anilines is 1. The minimum atomic E-state index is -0.0810. The van der Waals surface area contributed by atoms with Crippen molar-refractivity contribution >= 4 is 17.5 Å². The molecule has 0 unspecified atom stereocenters. The molecule has 0 aliphatic rings. The molecule has 0 spiro atoms. The lowest BCUT2D eigenvalue weighted by Gasteiger charge is -2.12. The summed E-state index contributed by atoms with van der Waals surface area (Å²) in [4.78, 5) is 25.1. The highest BCUT2D eigenvalue weighted by atomic mass is 16.2. The van der Waals surface area contributed by atoms with Crippen LogP contribution in [0, 0.1) is 0 Å². The first kappa shape index (κ1) is 16.2. The van der Waals surface area contributed by atoms with Crippen LogP contribution in [0.4, 0.5) is 5.69 Å². The Morgan fingerprint density at radius 3 is 2.55 bits per heavy atom. The van der Waals surface area contributed by atoms with Crippen LogP contribution in [0.15, 0.2) is 24.3 Å². The van der Waals surface area contributed by atoms with Gasteiger partial charge in [0.2, 0.25) is 5.91 Å². The minimum Gasteiger partial charge on any atom is -0.345 e. The second kappa shape index (κ2) is 7.65. The number of amides is 2. The number of nitrogens with one attached hydrogen (secondary N) is 2. The molecule has 5 heteroatoms. The standard InChI is InChI=1S/C15H23N3O2/c1-11(2)16-9-8-14(19)17-13-7-5-6-12(10-13)15(20)18(3)4/h5-7,10-11,16H,8-9H2,1-4H3,(H,17,19). The molecule has 0 saturated heterocycles. The molecule has 2 amide bonds. The van der Waals surface area contributed by atoms with Crippen molar-refractivity contribution in [3.8, 4) is 0 Å². The Morgan fingerprint density at radius 2 is 1.95 bits per heavy atom. The van der Waals surface area contributed by atoms with E-state index in [4.69, 9.17) is 0 Å². The van der Waals surface area contributed by atoms with E-state index >= 15 is 0 Å². The number of carbonyl (C=O) groups is 2. The lowest BCUT2D eigenvalue weighted by molar-refractivity contribution is -0.116. The lowest BCUT2D eigenvalue weighted by Crippen LogP contribution is -2.27. The van der Waals surface area contributed by atoms with Gasteiger partial charge in [-0.05, 0) is 18.2 Å². The van der Waals surface area contributed by atoms with Gasteiger partial charge in [0.05, 0.1) is 0 Å². The summed E-state index contributed by atoms with van der Waals surface area (Å²) in [5.74, 6) is -0.143. The number of rotatable bonds is 6. The quantitative estimate of drug-likeness (QED) is 0.832. The van der Waals surface area contributed by atoms with Gasteiger partial charge in [0.15, 0.2) is 0 Å². The van der Waals surface area contributed by atoms with Crippen LogP contribution in [0.2, 0.25) is 0 Å². The zero-order valence-corrected chi connectivity index (χ0v) is 12.6. The molecule has 1 rings (SSSR count). The molecule has 5 nitrogen and oxygen atoms in total. The van der Waals surface area contributed by atoms with Crippen LogP contribution in [0.3, 0.4) is 0 Å². The summed E-state index contributed by atoms with van der Waals surface area (Å²) in [7, 11) is 3.40. The first-order valence-electron chi connectivity index (χ1n) is 6.75. The summed E-state index contributed by atoms with van der Waals surface area (Å²) in [5.41, 5.74) is 1.21. The van der Waals surface area contributed by atoms with E-state index in [2.05, 4.69) is 10.6 Å². The first-order chi connectivity index (χ1) is 9.40. The van der Waals surface area contributed by atoms with E-state index in [1.54, 1.807) is 38.4 Å². The average Bonchev–Trinajstić information content (AvgIpc) is 2.37. The summed E-state index contributed by atoms with van der Waals surface area (Å²) >= 11 is 0. The van der Waals surface area contributed by atoms with Crippen molar-refractivity contribution in [1.29, 1.82) is 0 Å². The summed E-state index contributed by atoms with van der Waals surface area (Å²) in [6.45, 7) is 4.71. The second-order valence-corrected chi connectivity index (χ2v) is 5.19. The third-order valence-electron chi connectivity index (χ3n) is 2.70. The fourth-order valence-electron chi connectivity index (χ4n) is 1.69. The van der Waals surface area contributed by atoms with Gasteiger partial charge >= 0.3 is 0 Å². The topological polar surface area (TPSA) is 61.4 Å². The molecule has 20 heavy (non-hydrogen) atoms. The number of benzene rings is 1. The van der Waals surface area contributed by atoms with Gasteiger partial charge in [0.25, 0.3) is 5.91 Å². The van der Waals surface area contributed by atoms with Crippen molar-refractivity contribution in [2.45, 2.75) is 26.3 Å². The number of carbonyl (C=O) groups excluding carboxylic acids is 2. The Balaban J connectivity index is 2.58. The molecule has 0 aliphatic heterocycles. The van der Waals surface area contributed by atoms with E-state index in [0.29, 0.717) is 30.3 Å². The Hall–Kier alpha value is -1.88. The smallest absolute Gasteiger partial charge is 0.253 e. The zero-order valence-electron chi connectivity index (χ0n) is 12.6. The molecule has 110 valence electrons. The maximum atomic E-state index is 11.8. The average molecular weight is 277 g/mol. The molecule has 2 N–H and O–H groups in total. The van der Waals surface area contributed by atoms with Crippen LogP contribution < -0.4 is 10.6 Å². The van der Waals surface area contributed by atoms with Crippen molar-refractivity contribution in [2.75, 3.05) is 26.0 Å². The molecular weight excluding hydrogens is 254 g/mol. The van der Waals surface area contributed by atoms with Gasteiger partial charge in [-0.25, -0.2) is 0 Å². The summed E-state index contributed by atoms with van der Waals surface area (Å²) < 4.78 is 0. The lowest BCUT2D eigenvalue weighted by atomic mass is 10.2. The molecule has 1 aromatic rings. The maximum Gasteiger partial charge on any atom is 0.253 e. The van der Waals surface area contributed by atoms with E-state index in [-0.39, 0.29) is 11.8 Å². The zero-order chi connectivity index (χ0) is 15.1. The van der Waals surface area contributed by atoms with Crippen LogP contribution in [0.1, 0.15) is 30.6 Å². The highest BCUT2D eigenvalue weighted by molar-refractivity contribution is 5.97. The van der Waals surface area contributed by atoms with Gasteiger partial charge in [-0.3, -0.25) is 9.59 Å². The van der Waals surface area contributed by atoms with Gasteiger partial charge in [-0.1, -0.05) is 19.9 Å². The van der Waals surface area contributed by atoms with Crippen LogP contribution in [-0.4, -0.2) is 43.4 Å². The Kier molecular flexibility index (Phi) is 6.18. The number of hydrogen-bond donors (Lipinski definition) is 2. The number of nitrogens with zero attached hydrogens (tertiary/aromatic N) is 1. The molecule has 1 aromatic carbocycles. The predicted octanol–water partition coefficient (Wildman–Crippen LogP) is 1.71. The molecule has 0 saturated carbocycles. The third kappa shape index (κ3) is 5.40. The molecule has 0 fully saturated rings. The van der Waals surface area contributed by atoms with Crippen molar-refractivity contribution in [1.82, 2.24) is 10.2 Å². The van der Waals surface area contributed by atoms with Crippen molar-refractivity contribution in [2.24, 2.45) is 0 Å².